The van der Waals surface area contributed by atoms with Gasteiger partial charge in [0.1, 0.15) is 0 Å². The van der Waals surface area contributed by atoms with Gasteiger partial charge in [-0.3, -0.25) is 9.59 Å². The van der Waals surface area contributed by atoms with Gasteiger partial charge in [-0.2, -0.15) is 0 Å². The molecule has 0 aromatic heterocycles. The predicted octanol–water partition coefficient (Wildman–Crippen LogP) is 0.760. The summed E-state index contributed by atoms with van der Waals surface area (Å²) >= 11 is 0. The van der Waals surface area contributed by atoms with Crippen molar-refractivity contribution in [1.29, 1.82) is 0 Å². The molecule has 5 heteroatoms. The van der Waals surface area contributed by atoms with Crippen molar-refractivity contribution in [3.63, 3.8) is 0 Å². The van der Waals surface area contributed by atoms with Gasteiger partial charge in [-0.15, -0.1) is 0 Å². The van der Waals surface area contributed by atoms with Gasteiger partial charge in [0.2, 0.25) is 0 Å². The van der Waals surface area contributed by atoms with Crippen molar-refractivity contribution in [3.8, 4) is 0 Å². The Hall–Kier alpha value is -1.88. The minimum atomic E-state index is -0.683. The highest BCUT2D eigenvalue weighted by molar-refractivity contribution is 6.39. The summed E-state index contributed by atoms with van der Waals surface area (Å²) in [5.74, 6) is -1.20. The molecular formula is C13H18N2O3. The van der Waals surface area contributed by atoms with Crippen LogP contribution in [0.5, 0.6) is 0 Å². The van der Waals surface area contributed by atoms with E-state index in [-0.39, 0.29) is 12.5 Å². The van der Waals surface area contributed by atoms with Gasteiger partial charge in [0.15, 0.2) is 0 Å². The zero-order valence-electron chi connectivity index (χ0n) is 10.3. The Morgan fingerprint density at radius 1 is 1.22 bits per heavy atom. The summed E-state index contributed by atoms with van der Waals surface area (Å²) in [7, 11) is 0. The van der Waals surface area contributed by atoms with Crippen LogP contribution in [0, 0.1) is 5.92 Å². The normalized spacial score (nSPS) is 11.7. The second-order valence-corrected chi connectivity index (χ2v) is 4.15. The smallest absolute Gasteiger partial charge is 0.313 e. The summed E-state index contributed by atoms with van der Waals surface area (Å²) in [6.07, 6.45) is 0.598. The van der Waals surface area contributed by atoms with E-state index in [4.69, 9.17) is 5.11 Å². The maximum absolute atomic E-state index is 11.5. The highest BCUT2D eigenvalue weighted by Gasteiger charge is 2.14. The molecule has 1 aromatic carbocycles. The Balaban J connectivity index is 2.36. The number of anilines is 1. The minimum absolute atomic E-state index is 0.0766. The van der Waals surface area contributed by atoms with Gasteiger partial charge in [-0.1, -0.05) is 25.1 Å². The molecule has 0 saturated carbocycles. The number of aliphatic hydroxyl groups excluding tert-OH is 1. The molecule has 0 aliphatic rings. The number of amides is 2. The fraction of sp³-hybridized carbons (Fsp3) is 0.385. The first-order chi connectivity index (χ1) is 8.63. The predicted molar refractivity (Wildman–Crippen MR) is 68.9 cm³/mol. The highest BCUT2D eigenvalue weighted by Crippen LogP contribution is 2.04. The number of para-hydroxylation sites is 1. The Bertz CT molecular complexity index is 392. The van der Waals surface area contributed by atoms with Crippen molar-refractivity contribution in [3.05, 3.63) is 30.3 Å². The summed E-state index contributed by atoms with van der Waals surface area (Å²) in [4.78, 5) is 23.0. The molecule has 0 spiro atoms. The standard InChI is InChI=1S/C13H18N2O3/c1-10(7-8-16)9-14-12(17)13(18)15-11-5-3-2-4-6-11/h2-6,10,16H,7-9H2,1H3,(H,14,17)(H,15,18). The summed E-state index contributed by atoms with van der Waals surface area (Å²) in [6, 6.07) is 8.79. The molecule has 0 heterocycles. The van der Waals surface area contributed by atoms with Gasteiger partial charge in [0, 0.05) is 18.8 Å². The molecule has 0 aliphatic heterocycles. The summed E-state index contributed by atoms with van der Waals surface area (Å²) in [5, 5.41) is 13.7. The molecular weight excluding hydrogens is 232 g/mol. The summed E-state index contributed by atoms with van der Waals surface area (Å²) < 4.78 is 0. The fourth-order valence-electron chi connectivity index (χ4n) is 1.38. The van der Waals surface area contributed by atoms with Gasteiger partial charge in [0.25, 0.3) is 0 Å². The summed E-state index contributed by atoms with van der Waals surface area (Å²) in [5.41, 5.74) is 0.584. The third-order valence-corrected chi connectivity index (χ3v) is 2.47. The van der Waals surface area contributed by atoms with E-state index in [0.29, 0.717) is 18.7 Å². The second-order valence-electron chi connectivity index (χ2n) is 4.15. The average Bonchev–Trinajstić information content (AvgIpc) is 2.37. The molecule has 0 bridgehead atoms. The second kappa shape index (κ2) is 7.45. The van der Waals surface area contributed by atoms with Gasteiger partial charge >= 0.3 is 11.8 Å². The molecule has 0 saturated heterocycles. The number of carbonyl (C=O) groups excluding carboxylic acids is 2. The van der Waals surface area contributed by atoms with Gasteiger partial charge < -0.3 is 15.7 Å². The lowest BCUT2D eigenvalue weighted by atomic mass is 10.1. The monoisotopic (exact) mass is 250 g/mol. The van der Waals surface area contributed by atoms with Crippen LogP contribution in [0.4, 0.5) is 5.69 Å². The maximum Gasteiger partial charge on any atom is 0.313 e. The van der Waals surface area contributed by atoms with E-state index in [1.165, 1.54) is 0 Å². The molecule has 0 fully saturated rings. The average molecular weight is 250 g/mol. The quantitative estimate of drug-likeness (QED) is 0.675. The van der Waals surface area contributed by atoms with Crippen LogP contribution >= 0.6 is 0 Å². The maximum atomic E-state index is 11.5. The van der Waals surface area contributed by atoms with Crippen LogP contribution in [0.1, 0.15) is 13.3 Å². The highest BCUT2D eigenvalue weighted by atomic mass is 16.3. The Labute approximate surface area is 106 Å². The molecule has 3 N–H and O–H groups in total. The first-order valence-corrected chi connectivity index (χ1v) is 5.88. The summed E-state index contributed by atoms with van der Waals surface area (Å²) in [6.45, 7) is 2.35. The van der Waals surface area contributed by atoms with Crippen molar-refractivity contribution in [2.24, 2.45) is 5.92 Å². The van der Waals surface area contributed by atoms with E-state index >= 15 is 0 Å². The Kier molecular flexibility index (Phi) is 5.87. The van der Waals surface area contributed by atoms with Crippen molar-refractivity contribution in [1.82, 2.24) is 5.32 Å². The van der Waals surface area contributed by atoms with Crippen LogP contribution in [0.3, 0.4) is 0 Å². The Morgan fingerprint density at radius 3 is 2.50 bits per heavy atom. The molecule has 1 aromatic rings. The van der Waals surface area contributed by atoms with E-state index in [2.05, 4.69) is 10.6 Å². The third kappa shape index (κ3) is 4.97. The van der Waals surface area contributed by atoms with E-state index in [1.807, 2.05) is 13.0 Å². The SMILES string of the molecule is CC(CCO)CNC(=O)C(=O)Nc1ccccc1. The molecule has 0 aliphatic carbocycles. The lowest BCUT2D eigenvalue weighted by Gasteiger charge is -2.11. The molecule has 1 atom stereocenters. The van der Waals surface area contributed by atoms with Crippen LogP contribution in [0.25, 0.3) is 0 Å². The van der Waals surface area contributed by atoms with Crippen LogP contribution in [-0.2, 0) is 9.59 Å². The molecule has 1 rings (SSSR count). The van der Waals surface area contributed by atoms with Crippen LogP contribution in [0.15, 0.2) is 30.3 Å². The third-order valence-electron chi connectivity index (χ3n) is 2.47. The number of benzene rings is 1. The van der Waals surface area contributed by atoms with E-state index in [1.54, 1.807) is 24.3 Å². The zero-order chi connectivity index (χ0) is 13.4. The molecule has 1 unspecified atom stereocenters. The van der Waals surface area contributed by atoms with E-state index in [9.17, 15) is 9.59 Å². The van der Waals surface area contributed by atoms with Gasteiger partial charge in [0.05, 0.1) is 0 Å². The van der Waals surface area contributed by atoms with E-state index in [0.717, 1.165) is 0 Å². The molecule has 2 amide bonds. The lowest BCUT2D eigenvalue weighted by Crippen LogP contribution is -2.37. The molecule has 98 valence electrons. The number of rotatable bonds is 5. The number of hydrogen-bond donors (Lipinski definition) is 3. The van der Waals surface area contributed by atoms with Gasteiger partial charge in [-0.05, 0) is 24.5 Å². The van der Waals surface area contributed by atoms with Gasteiger partial charge in [-0.25, -0.2) is 0 Å². The van der Waals surface area contributed by atoms with E-state index < -0.39 is 11.8 Å². The van der Waals surface area contributed by atoms with Crippen molar-refractivity contribution < 1.29 is 14.7 Å². The largest absolute Gasteiger partial charge is 0.396 e. The number of nitrogens with one attached hydrogen (secondary N) is 2. The lowest BCUT2D eigenvalue weighted by molar-refractivity contribution is -0.136. The topological polar surface area (TPSA) is 78.4 Å². The van der Waals surface area contributed by atoms with Crippen molar-refractivity contribution in [2.45, 2.75) is 13.3 Å². The first kappa shape index (κ1) is 14.2. The van der Waals surface area contributed by atoms with Crippen molar-refractivity contribution in [2.75, 3.05) is 18.5 Å². The molecule has 0 radical (unpaired) electrons. The number of carbonyl (C=O) groups is 2. The molecule has 5 nitrogen and oxygen atoms in total. The van der Waals surface area contributed by atoms with Crippen LogP contribution in [0.2, 0.25) is 0 Å². The molecule has 18 heavy (non-hydrogen) atoms. The number of aliphatic hydroxyl groups is 1. The van der Waals surface area contributed by atoms with Crippen molar-refractivity contribution >= 4 is 17.5 Å². The Morgan fingerprint density at radius 2 is 1.89 bits per heavy atom. The van der Waals surface area contributed by atoms with Crippen LogP contribution < -0.4 is 10.6 Å². The first-order valence-electron chi connectivity index (χ1n) is 5.88. The minimum Gasteiger partial charge on any atom is -0.396 e. The number of hydrogen-bond acceptors (Lipinski definition) is 3. The van der Waals surface area contributed by atoms with Crippen LogP contribution in [-0.4, -0.2) is 30.1 Å². The zero-order valence-corrected chi connectivity index (χ0v) is 10.3. The fourth-order valence-corrected chi connectivity index (χ4v) is 1.38.